The summed E-state index contributed by atoms with van der Waals surface area (Å²) < 4.78 is 5.99. The van der Waals surface area contributed by atoms with E-state index in [-0.39, 0.29) is 24.8 Å². The molecule has 0 saturated heterocycles. The maximum atomic E-state index is 13.8. The topological polar surface area (TPSA) is 121 Å². The van der Waals surface area contributed by atoms with E-state index in [9.17, 15) is 14.4 Å². The van der Waals surface area contributed by atoms with Gasteiger partial charge in [0.15, 0.2) is 0 Å². The number of hydrogen-bond acceptors (Lipinski definition) is 5. The Morgan fingerprint density at radius 2 is 1.42 bits per heavy atom. The van der Waals surface area contributed by atoms with Gasteiger partial charge in [0.05, 0.1) is 6.42 Å². The van der Waals surface area contributed by atoms with E-state index in [0.717, 1.165) is 38.6 Å². The third-order valence-electron chi connectivity index (χ3n) is 7.60. The van der Waals surface area contributed by atoms with Gasteiger partial charge < -0.3 is 25.5 Å². The second kappa shape index (κ2) is 13.2. The summed E-state index contributed by atoms with van der Waals surface area (Å²) in [7, 11) is 0. The first-order chi connectivity index (χ1) is 21.9. The van der Waals surface area contributed by atoms with Crippen LogP contribution in [0.15, 0.2) is 126 Å². The van der Waals surface area contributed by atoms with Gasteiger partial charge in [0.1, 0.15) is 17.4 Å². The van der Waals surface area contributed by atoms with E-state index in [2.05, 4.69) is 16.0 Å². The Bertz CT molecular complexity index is 1940. The Kier molecular flexibility index (Phi) is 8.55. The number of hydrogen-bond donors (Lipinski definition) is 4. The van der Waals surface area contributed by atoms with Crippen molar-refractivity contribution in [2.24, 2.45) is 0 Å². The minimum Gasteiger partial charge on any atom is -0.481 e. The van der Waals surface area contributed by atoms with Gasteiger partial charge in [-0.2, -0.15) is 0 Å². The van der Waals surface area contributed by atoms with Crippen molar-refractivity contribution in [1.29, 1.82) is 0 Å². The van der Waals surface area contributed by atoms with Crippen LogP contribution in [0.4, 0.5) is 11.4 Å². The fourth-order valence-corrected chi connectivity index (χ4v) is 5.28. The summed E-state index contributed by atoms with van der Waals surface area (Å²) in [5, 5.41) is 21.0. The normalized spacial score (nSPS) is 11.6. The molecule has 224 valence electrons. The highest BCUT2D eigenvalue weighted by molar-refractivity contribution is 5.98. The summed E-state index contributed by atoms with van der Waals surface area (Å²) in [5.41, 5.74) is 4.46. The number of para-hydroxylation sites is 1. The Balaban J connectivity index is 1.20. The predicted molar refractivity (Wildman–Crippen MR) is 176 cm³/mol. The van der Waals surface area contributed by atoms with Gasteiger partial charge in [0.2, 0.25) is 5.91 Å². The number of rotatable bonds is 11. The Labute approximate surface area is 259 Å². The fraction of sp³-hybridized carbons (Fsp3) is 0.108. The van der Waals surface area contributed by atoms with Crippen LogP contribution in [0, 0.1) is 0 Å². The van der Waals surface area contributed by atoms with Crippen LogP contribution in [-0.4, -0.2) is 35.5 Å². The van der Waals surface area contributed by atoms with Crippen LogP contribution in [0.3, 0.4) is 0 Å². The molecule has 0 aliphatic rings. The lowest BCUT2D eigenvalue weighted by atomic mass is 9.98. The smallest absolute Gasteiger partial charge is 0.305 e. The van der Waals surface area contributed by atoms with Crippen molar-refractivity contribution in [2.75, 3.05) is 17.2 Å². The second-order valence-electron chi connectivity index (χ2n) is 10.7. The number of carbonyl (C=O) groups is 3. The fourth-order valence-electron chi connectivity index (χ4n) is 5.28. The molecule has 1 atom stereocenters. The number of benzene rings is 5. The molecule has 45 heavy (non-hydrogen) atoms. The molecule has 8 nitrogen and oxygen atoms in total. The number of fused-ring (bicyclic) bond motifs is 2. The van der Waals surface area contributed by atoms with E-state index in [1.54, 1.807) is 24.3 Å². The summed E-state index contributed by atoms with van der Waals surface area (Å²) in [6, 6.07) is 37.6. The molecule has 0 fully saturated rings. The third kappa shape index (κ3) is 7.02. The molecule has 0 bridgehead atoms. The molecule has 4 N–H and O–H groups in total. The highest BCUT2D eigenvalue weighted by Crippen LogP contribution is 2.29. The van der Waals surface area contributed by atoms with Gasteiger partial charge >= 0.3 is 5.97 Å². The Hall–Kier alpha value is -5.89. The second-order valence-corrected chi connectivity index (χ2v) is 10.7. The summed E-state index contributed by atoms with van der Waals surface area (Å²) in [6.07, 6.45) is 0.265. The van der Waals surface area contributed by atoms with E-state index in [1.807, 2.05) is 97.1 Å². The standard InChI is InChI=1S/C37H31N3O5/c41-35(42)20-21-38-36(43)26-14-18-29(19-15-26)39-32(22-27-9-5-8-24-6-1-3-10-31(24)27)37(44)40-30-16-12-25(13-17-30)34-23-28-7-2-4-11-33(28)45-34/h1-19,23,32,39H,20-22H2,(H,38,43)(H,40,44)(H,41,42)/t32-/m0/s1. The molecule has 0 radical (unpaired) electrons. The SMILES string of the molecule is O=C(O)CCNC(=O)c1ccc(N[C@@H](Cc2cccc3ccccc23)C(=O)Nc2ccc(-c3cc4ccccc4o3)cc2)cc1. The molecule has 5 aromatic carbocycles. The van der Waals surface area contributed by atoms with E-state index < -0.39 is 12.0 Å². The van der Waals surface area contributed by atoms with Crippen molar-refractivity contribution in [3.63, 3.8) is 0 Å². The zero-order valence-corrected chi connectivity index (χ0v) is 24.3. The first kappa shape index (κ1) is 29.2. The van der Waals surface area contributed by atoms with Crippen LogP contribution in [-0.2, 0) is 16.0 Å². The van der Waals surface area contributed by atoms with E-state index >= 15 is 0 Å². The largest absolute Gasteiger partial charge is 0.481 e. The summed E-state index contributed by atoms with van der Waals surface area (Å²) in [6.45, 7) is 0.0424. The Morgan fingerprint density at radius 3 is 2.18 bits per heavy atom. The first-order valence-electron chi connectivity index (χ1n) is 14.7. The maximum absolute atomic E-state index is 13.8. The molecular weight excluding hydrogens is 566 g/mol. The third-order valence-corrected chi connectivity index (χ3v) is 7.60. The number of carboxylic acid groups (broad SMARTS) is 1. The molecule has 1 aromatic heterocycles. The molecule has 1 heterocycles. The van der Waals surface area contributed by atoms with Crippen LogP contribution >= 0.6 is 0 Å². The summed E-state index contributed by atoms with van der Waals surface area (Å²) >= 11 is 0. The lowest BCUT2D eigenvalue weighted by Crippen LogP contribution is -2.36. The first-order valence-corrected chi connectivity index (χ1v) is 14.7. The van der Waals surface area contributed by atoms with Crippen molar-refractivity contribution in [2.45, 2.75) is 18.9 Å². The highest BCUT2D eigenvalue weighted by atomic mass is 16.4. The van der Waals surface area contributed by atoms with Crippen molar-refractivity contribution >= 4 is 50.9 Å². The zero-order chi connectivity index (χ0) is 31.2. The van der Waals surface area contributed by atoms with Crippen molar-refractivity contribution in [3.8, 4) is 11.3 Å². The van der Waals surface area contributed by atoms with Gasteiger partial charge in [-0.25, -0.2) is 0 Å². The molecular formula is C37H31N3O5. The number of nitrogens with one attached hydrogen (secondary N) is 3. The average Bonchev–Trinajstić information content (AvgIpc) is 3.49. The van der Waals surface area contributed by atoms with E-state index in [4.69, 9.17) is 9.52 Å². The number of furan rings is 1. The number of carbonyl (C=O) groups excluding carboxylic acids is 2. The molecule has 0 spiro atoms. The number of anilines is 2. The monoisotopic (exact) mass is 597 g/mol. The van der Waals surface area contributed by atoms with Crippen LogP contribution in [0.2, 0.25) is 0 Å². The van der Waals surface area contributed by atoms with Crippen LogP contribution in [0.1, 0.15) is 22.3 Å². The van der Waals surface area contributed by atoms with E-state index in [1.165, 1.54) is 0 Å². The van der Waals surface area contributed by atoms with Gasteiger partial charge in [0, 0.05) is 40.9 Å². The molecule has 6 aromatic rings. The molecule has 6 rings (SSSR count). The van der Waals surface area contributed by atoms with E-state index in [0.29, 0.717) is 23.4 Å². The quantitative estimate of drug-likeness (QED) is 0.126. The van der Waals surface area contributed by atoms with Crippen molar-refractivity contribution in [3.05, 3.63) is 132 Å². The number of amides is 2. The van der Waals surface area contributed by atoms with Gasteiger partial charge in [-0.15, -0.1) is 0 Å². The Morgan fingerprint density at radius 1 is 0.733 bits per heavy atom. The minimum atomic E-state index is -0.979. The molecule has 0 unspecified atom stereocenters. The molecule has 8 heteroatoms. The predicted octanol–water partition coefficient (Wildman–Crippen LogP) is 7.12. The van der Waals surface area contributed by atoms with Crippen LogP contribution < -0.4 is 16.0 Å². The highest BCUT2D eigenvalue weighted by Gasteiger charge is 2.21. The molecule has 0 aliphatic carbocycles. The maximum Gasteiger partial charge on any atom is 0.305 e. The zero-order valence-electron chi connectivity index (χ0n) is 24.3. The number of carboxylic acids is 1. The van der Waals surface area contributed by atoms with Gasteiger partial charge in [-0.3, -0.25) is 14.4 Å². The van der Waals surface area contributed by atoms with Gasteiger partial charge in [-0.1, -0.05) is 60.7 Å². The van der Waals surface area contributed by atoms with Crippen LogP contribution in [0.25, 0.3) is 33.1 Å². The summed E-state index contributed by atoms with van der Waals surface area (Å²) in [4.78, 5) is 36.9. The van der Waals surface area contributed by atoms with Crippen molar-refractivity contribution < 1.29 is 23.9 Å². The van der Waals surface area contributed by atoms with Gasteiger partial charge in [0.25, 0.3) is 5.91 Å². The van der Waals surface area contributed by atoms with Crippen LogP contribution in [0.5, 0.6) is 0 Å². The minimum absolute atomic E-state index is 0.0424. The lowest BCUT2D eigenvalue weighted by Gasteiger charge is -2.21. The summed E-state index contributed by atoms with van der Waals surface area (Å²) in [5.74, 6) is -0.801. The average molecular weight is 598 g/mol. The lowest BCUT2D eigenvalue weighted by molar-refractivity contribution is -0.136. The van der Waals surface area contributed by atoms with Gasteiger partial charge in [-0.05, 0) is 77.0 Å². The van der Waals surface area contributed by atoms with Crippen molar-refractivity contribution in [1.82, 2.24) is 5.32 Å². The molecule has 0 aliphatic heterocycles. The molecule has 0 saturated carbocycles. The molecule has 2 amide bonds. The number of aliphatic carboxylic acids is 1.